The van der Waals surface area contributed by atoms with Crippen LogP contribution in [0, 0.1) is 25.5 Å². The van der Waals surface area contributed by atoms with Crippen LogP contribution in [0.1, 0.15) is 11.1 Å². The first-order chi connectivity index (χ1) is 21.2. The van der Waals surface area contributed by atoms with Gasteiger partial charge in [-0.1, -0.05) is 82.7 Å². The zero-order valence-corrected chi connectivity index (χ0v) is 25.8. The number of hydrogen-bond acceptors (Lipinski definition) is 4. The fourth-order valence-electron chi connectivity index (χ4n) is 4.12. The van der Waals surface area contributed by atoms with E-state index in [0.717, 1.165) is 49.7 Å². The van der Waals surface area contributed by atoms with Gasteiger partial charge in [0.15, 0.2) is 0 Å². The molecule has 2 heterocycles. The van der Waals surface area contributed by atoms with Crippen LogP contribution >= 0.6 is 15.9 Å². The lowest BCUT2D eigenvalue weighted by Gasteiger charge is -2.06. The molecule has 6 aromatic rings. The van der Waals surface area contributed by atoms with Gasteiger partial charge in [0.1, 0.15) is 11.6 Å². The lowest BCUT2D eigenvalue weighted by molar-refractivity contribution is 0.425. The molecular weight excluding hydrogens is 621 g/mol. The number of hydrogen-bond donors (Lipinski definition) is 2. The van der Waals surface area contributed by atoms with E-state index in [1.54, 1.807) is 12.1 Å². The van der Waals surface area contributed by atoms with Crippen LogP contribution in [-0.4, -0.2) is 27.1 Å². The largest absolute Gasteiger partial charge is 0.488 e. The number of nitrogens with zero attached hydrogens (tertiary/aromatic N) is 2. The van der Waals surface area contributed by atoms with Crippen LogP contribution in [0.3, 0.4) is 0 Å². The second kappa shape index (κ2) is 15.8. The van der Waals surface area contributed by atoms with Crippen LogP contribution in [0.5, 0.6) is 0 Å². The summed E-state index contributed by atoms with van der Waals surface area (Å²) in [7, 11) is -1.59. The summed E-state index contributed by atoms with van der Waals surface area (Å²) in [5.74, 6) is -0.688. The molecule has 0 radical (unpaired) electrons. The highest BCUT2D eigenvalue weighted by atomic mass is 79.9. The minimum absolute atomic E-state index is 0.167. The molecule has 0 saturated carbocycles. The predicted octanol–water partition coefficient (Wildman–Crippen LogP) is 8.19. The third-order valence-corrected chi connectivity index (χ3v) is 6.90. The normalized spacial score (nSPS) is 10.2. The van der Waals surface area contributed by atoms with Crippen molar-refractivity contribution < 1.29 is 18.8 Å². The Morgan fingerprint density at radius 3 is 1.50 bits per heavy atom. The third-order valence-electron chi connectivity index (χ3n) is 6.41. The second-order valence-corrected chi connectivity index (χ2v) is 10.9. The summed E-state index contributed by atoms with van der Waals surface area (Å²) in [4.78, 5) is 8.80. The first kappa shape index (κ1) is 32.4. The third kappa shape index (κ3) is 9.78. The average Bonchev–Trinajstić information content (AvgIpc) is 3.02. The Balaban J connectivity index is 0.000000161. The summed E-state index contributed by atoms with van der Waals surface area (Å²) in [6.45, 7) is 4.05. The van der Waals surface area contributed by atoms with Gasteiger partial charge in [-0.3, -0.25) is 9.97 Å². The molecule has 4 nitrogen and oxygen atoms in total. The van der Waals surface area contributed by atoms with Crippen molar-refractivity contribution >= 4 is 28.5 Å². The highest BCUT2D eigenvalue weighted by molar-refractivity contribution is 9.10. The van der Waals surface area contributed by atoms with Gasteiger partial charge >= 0.3 is 7.12 Å². The fraction of sp³-hybridized carbons (Fsp3) is 0.0556. The summed E-state index contributed by atoms with van der Waals surface area (Å²) in [5.41, 5.74) is 8.46. The Hall–Kier alpha value is -4.50. The molecule has 0 aliphatic rings. The van der Waals surface area contributed by atoms with Gasteiger partial charge in [-0.25, -0.2) is 8.78 Å². The maximum atomic E-state index is 13.3. The van der Waals surface area contributed by atoms with E-state index in [9.17, 15) is 8.78 Å². The van der Waals surface area contributed by atoms with Gasteiger partial charge in [0, 0.05) is 28.0 Å². The number of aryl methyl sites for hydroxylation is 2. The summed E-state index contributed by atoms with van der Waals surface area (Å²) >= 11 is 3.45. The maximum Gasteiger partial charge on any atom is 0.488 e. The Labute approximate surface area is 265 Å². The molecule has 2 N–H and O–H groups in total. The van der Waals surface area contributed by atoms with Gasteiger partial charge < -0.3 is 10.0 Å². The summed E-state index contributed by atoms with van der Waals surface area (Å²) < 4.78 is 26.7. The van der Waals surface area contributed by atoms with Crippen molar-refractivity contribution in [2.24, 2.45) is 0 Å². The smallest absolute Gasteiger partial charge is 0.423 e. The lowest BCUT2D eigenvalue weighted by atomic mass is 9.80. The Bertz CT molecular complexity index is 1800. The van der Waals surface area contributed by atoms with Gasteiger partial charge in [0.05, 0.1) is 11.4 Å². The Morgan fingerprint density at radius 1 is 0.545 bits per heavy atom. The quantitative estimate of drug-likeness (QED) is 0.189. The van der Waals surface area contributed by atoms with E-state index in [1.165, 1.54) is 29.8 Å². The van der Waals surface area contributed by atoms with E-state index in [4.69, 9.17) is 10.0 Å². The van der Waals surface area contributed by atoms with E-state index < -0.39 is 12.9 Å². The number of rotatable bonds is 4. The van der Waals surface area contributed by atoms with E-state index in [-0.39, 0.29) is 11.3 Å². The highest BCUT2D eigenvalue weighted by Gasteiger charge is 2.10. The van der Waals surface area contributed by atoms with Crippen molar-refractivity contribution in [1.29, 1.82) is 0 Å². The van der Waals surface area contributed by atoms with Crippen LogP contribution in [0.25, 0.3) is 33.6 Å². The first-order valence-electron chi connectivity index (χ1n) is 13.8. The molecule has 0 atom stereocenters. The zero-order chi connectivity index (χ0) is 31.5. The minimum Gasteiger partial charge on any atom is -0.423 e. The van der Waals surface area contributed by atoms with E-state index >= 15 is 0 Å². The molecule has 0 fully saturated rings. The van der Waals surface area contributed by atoms with Crippen LogP contribution in [0.15, 0.2) is 138 Å². The molecule has 0 amide bonds. The van der Waals surface area contributed by atoms with Gasteiger partial charge in [0.2, 0.25) is 0 Å². The molecule has 0 bridgehead atoms. The molecule has 0 spiro atoms. The molecule has 0 aliphatic heterocycles. The molecule has 44 heavy (non-hydrogen) atoms. The topological polar surface area (TPSA) is 66.2 Å². The SMILES string of the molecule is Cc1ccc(-c2cccc(-c3cccc(F)c3)c2)nc1.Cc1ccc(-c2cccc(Br)c2)nc1.OB(O)c1cccc(F)c1. The summed E-state index contributed by atoms with van der Waals surface area (Å²) in [6, 6.07) is 36.1. The van der Waals surface area contributed by atoms with Crippen molar-refractivity contribution in [3.63, 3.8) is 0 Å². The molecule has 0 aliphatic carbocycles. The number of benzene rings is 4. The monoisotopic (exact) mass is 650 g/mol. The van der Waals surface area contributed by atoms with Gasteiger partial charge in [0.25, 0.3) is 0 Å². The molecular formula is C36H30BBrF2N2O2. The molecule has 4 aromatic carbocycles. The van der Waals surface area contributed by atoms with Gasteiger partial charge in [-0.2, -0.15) is 0 Å². The average molecular weight is 651 g/mol. The standard InChI is InChI=1S/C18H14FN.C12H10BrN.C6H6BFO2/c1-13-8-9-18(20-12-13)16-6-2-4-14(10-16)15-5-3-7-17(19)11-15;1-9-5-6-12(14-8-9)10-3-2-4-11(13)7-10;8-6-3-1-2-5(4-6)7(9)10/h2-12H,1H3;2-8H,1H3;1-4,9-10H. The van der Waals surface area contributed by atoms with Crippen LogP contribution in [0.2, 0.25) is 0 Å². The Morgan fingerprint density at radius 2 is 1.02 bits per heavy atom. The van der Waals surface area contributed by atoms with Crippen LogP contribution in [0.4, 0.5) is 8.78 Å². The van der Waals surface area contributed by atoms with E-state index in [0.29, 0.717) is 0 Å². The van der Waals surface area contributed by atoms with Crippen molar-refractivity contribution in [3.05, 3.63) is 161 Å². The second-order valence-electron chi connectivity index (χ2n) is 9.97. The van der Waals surface area contributed by atoms with Crippen molar-refractivity contribution in [2.75, 3.05) is 0 Å². The molecule has 0 unspecified atom stereocenters. The molecule has 6 rings (SSSR count). The molecule has 220 valence electrons. The lowest BCUT2D eigenvalue weighted by Crippen LogP contribution is -2.29. The molecule has 8 heteroatoms. The highest BCUT2D eigenvalue weighted by Crippen LogP contribution is 2.26. The summed E-state index contributed by atoms with van der Waals surface area (Å²) in [6.07, 6.45) is 3.74. The Kier molecular flexibility index (Phi) is 11.7. The van der Waals surface area contributed by atoms with Crippen LogP contribution < -0.4 is 5.46 Å². The van der Waals surface area contributed by atoms with Crippen molar-refractivity contribution in [3.8, 4) is 33.6 Å². The summed E-state index contributed by atoms with van der Waals surface area (Å²) in [5, 5.41) is 17.1. The van der Waals surface area contributed by atoms with Gasteiger partial charge in [-0.15, -0.1) is 0 Å². The number of halogens is 3. The van der Waals surface area contributed by atoms with Crippen molar-refractivity contribution in [1.82, 2.24) is 9.97 Å². The maximum absolute atomic E-state index is 13.3. The van der Waals surface area contributed by atoms with Crippen molar-refractivity contribution in [2.45, 2.75) is 13.8 Å². The first-order valence-corrected chi connectivity index (χ1v) is 14.6. The minimum atomic E-state index is -1.59. The number of pyridine rings is 2. The van der Waals surface area contributed by atoms with Gasteiger partial charge in [-0.05, 0) is 96.2 Å². The molecule has 2 aromatic heterocycles. The number of aromatic nitrogens is 2. The fourth-order valence-corrected chi connectivity index (χ4v) is 4.52. The van der Waals surface area contributed by atoms with E-state index in [2.05, 4.69) is 44.1 Å². The zero-order valence-electron chi connectivity index (χ0n) is 24.2. The predicted molar refractivity (Wildman–Crippen MR) is 178 cm³/mol. The van der Waals surface area contributed by atoms with Crippen LogP contribution in [-0.2, 0) is 0 Å². The van der Waals surface area contributed by atoms with E-state index in [1.807, 2.05) is 86.9 Å². The molecule has 0 saturated heterocycles.